The van der Waals surface area contributed by atoms with Gasteiger partial charge in [-0.25, -0.2) is 4.79 Å². The van der Waals surface area contributed by atoms with Crippen molar-refractivity contribution in [3.05, 3.63) is 19.2 Å². The first kappa shape index (κ1) is 14.8. The third kappa shape index (κ3) is 3.49. The smallest absolute Gasteiger partial charge is 0.407 e. The summed E-state index contributed by atoms with van der Waals surface area (Å²) in [5.74, 6) is -0.0250. The lowest BCUT2D eigenvalue weighted by atomic mass is 10.3. The number of carbonyl (C=O) groups is 2. The summed E-state index contributed by atoms with van der Waals surface area (Å²) in [5.41, 5.74) is 0.649. The highest BCUT2D eigenvalue weighted by molar-refractivity contribution is 9.12. The van der Waals surface area contributed by atoms with Gasteiger partial charge in [-0.3, -0.25) is 4.79 Å². The van der Waals surface area contributed by atoms with Gasteiger partial charge in [-0.1, -0.05) is 0 Å². The van der Waals surface area contributed by atoms with E-state index in [0.29, 0.717) is 18.7 Å². The molecule has 1 aliphatic rings. The highest BCUT2D eigenvalue weighted by atomic mass is 79.9. The first-order valence-electron chi connectivity index (χ1n) is 5.60. The number of thiophene rings is 1. The minimum atomic E-state index is -0.459. The van der Waals surface area contributed by atoms with Crippen molar-refractivity contribution >= 4 is 55.2 Å². The molecule has 0 aliphatic carbocycles. The summed E-state index contributed by atoms with van der Waals surface area (Å²) < 4.78 is 6.27. The molecule has 0 spiro atoms. The Kier molecular flexibility index (Phi) is 4.86. The maximum Gasteiger partial charge on any atom is 0.407 e. The first-order valence-corrected chi connectivity index (χ1v) is 8.00. The van der Waals surface area contributed by atoms with E-state index in [4.69, 9.17) is 0 Å². The van der Waals surface area contributed by atoms with Crippen LogP contribution in [0.25, 0.3) is 0 Å². The summed E-state index contributed by atoms with van der Waals surface area (Å²) in [7, 11) is 1.33. The summed E-state index contributed by atoms with van der Waals surface area (Å²) in [6.45, 7) is 1.14. The van der Waals surface area contributed by atoms with Gasteiger partial charge in [0.25, 0.3) is 5.91 Å². The Hall–Kier alpha value is -0.600. The van der Waals surface area contributed by atoms with E-state index in [1.54, 1.807) is 11.0 Å². The molecule has 2 rings (SSSR count). The van der Waals surface area contributed by atoms with Gasteiger partial charge in [0.05, 0.1) is 26.3 Å². The molecule has 0 saturated carbocycles. The molecule has 19 heavy (non-hydrogen) atoms. The van der Waals surface area contributed by atoms with Gasteiger partial charge in [0.15, 0.2) is 0 Å². The van der Waals surface area contributed by atoms with Crippen LogP contribution in [0.1, 0.15) is 16.8 Å². The number of rotatable bonds is 2. The molecule has 5 nitrogen and oxygen atoms in total. The Bertz CT molecular complexity index is 506. The van der Waals surface area contributed by atoms with Gasteiger partial charge >= 0.3 is 6.09 Å². The van der Waals surface area contributed by atoms with Crippen LogP contribution in [0.2, 0.25) is 0 Å². The van der Waals surface area contributed by atoms with Crippen molar-refractivity contribution in [1.82, 2.24) is 10.2 Å². The highest BCUT2D eigenvalue weighted by Gasteiger charge is 2.29. The topological polar surface area (TPSA) is 58.6 Å². The zero-order valence-corrected chi connectivity index (χ0v) is 14.1. The lowest BCUT2D eigenvalue weighted by Gasteiger charge is -2.16. The Morgan fingerprint density at radius 3 is 2.84 bits per heavy atom. The zero-order chi connectivity index (χ0) is 14.0. The number of carbonyl (C=O) groups excluding carboxylic acids is 2. The van der Waals surface area contributed by atoms with Crippen LogP contribution in [-0.4, -0.2) is 43.1 Å². The summed E-state index contributed by atoms with van der Waals surface area (Å²) in [6.07, 6.45) is 0.280. The Morgan fingerprint density at radius 2 is 2.26 bits per heavy atom. The number of nitrogens with one attached hydrogen (secondary N) is 1. The van der Waals surface area contributed by atoms with Crippen molar-refractivity contribution in [2.45, 2.75) is 12.5 Å². The van der Waals surface area contributed by atoms with Gasteiger partial charge in [0, 0.05) is 13.1 Å². The average molecular weight is 412 g/mol. The van der Waals surface area contributed by atoms with E-state index in [9.17, 15) is 9.59 Å². The number of ether oxygens (including phenoxy) is 1. The van der Waals surface area contributed by atoms with Crippen LogP contribution in [0.4, 0.5) is 4.79 Å². The predicted molar refractivity (Wildman–Crippen MR) is 79.6 cm³/mol. The van der Waals surface area contributed by atoms with Gasteiger partial charge in [-0.15, -0.1) is 11.3 Å². The maximum atomic E-state index is 12.3. The van der Waals surface area contributed by atoms with Crippen LogP contribution < -0.4 is 5.32 Å². The molecule has 1 aromatic heterocycles. The monoisotopic (exact) mass is 410 g/mol. The number of methoxy groups -OCH3 is 1. The Balaban J connectivity index is 1.99. The molecule has 1 saturated heterocycles. The van der Waals surface area contributed by atoms with Crippen molar-refractivity contribution in [1.29, 1.82) is 0 Å². The minimum Gasteiger partial charge on any atom is -0.453 e. The molecule has 1 aliphatic heterocycles. The molecule has 1 aromatic rings. The van der Waals surface area contributed by atoms with Gasteiger partial charge in [-0.2, -0.15) is 0 Å². The summed E-state index contributed by atoms with van der Waals surface area (Å²) >= 11 is 8.21. The van der Waals surface area contributed by atoms with E-state index in [-0.39, 0.29) is 11.9 Å². The summed E-state index contributed by atoms with van der Waals surface area (Å²) in [5, 5.41) is 2.71. The van der Waals surface area contributed by atoms with Crippen molar-refractivity contribution in [3.63, 3.8) is 0 Å². The van der Waals surface area contributed by atoms with Crippen LogP contribution in [0.5, 0.6) is 0 Å². The molecule has 0 bridgehead atoms. The average Bonchev–Trinajstić information content (AvgIpc) is 2.95. The van der Waals surface area contributed by atoms with E-state index in [0.717, 1.165) is 14.0 Å². The molecule has 0 radical (unpaired) electrons. The molecule has 1 N–H and O–H groups in total. The van der Waals surface area contributed by atoms with Crippen molar-refractivity contribution in [2.75, 3.05) is 20.2 Å². The molecule has 1 fully saturated rings. The third-order valence-electron chi connectivity index (χ3n) is 2.87. The minimum absolute atomic E-state index is 0.0250. The van der Waals surface area contributed by atoms with Crippen molar-refractivity contribution in [2.24, 2.45) is 0 Å². The SMILES string of the molecule is COC(=O)NC1CCN(C(=O)c2cc(Br)sc2Br)C1. The molecule has 0 aromatic carbocycles. The standard InChI is InChI=1S/C11H12Br2N2O3S/c1-18-11(17)14-6-2-3-15(5-6)10(16)7-4-8(12)19-9(7)13/h4,6H,2-3,5H2,1H3,(H,14,17). The van der Waals surface area contributed by atoms with Crippen molar-refractivity contribution < 1.29 is 14.3 Å². The quantitative estimate of drug-likeness (QED) is 0.813. The van der Waals surface area contributed by atoms with Crippen LogP contribution in [0.3, 0.4) is 0 Å². The number of hydrogen-bond donors (Lipinski definition) is 1. The molecule has 1 atom stereocenters. The molecule has 1 unspecified atom stereocenters. The van der Waals surface area contributed by atoms with Gasteiger partial charge in [-0.05, 0) is 44.3 Å². The largest absolute Gasteiger partial charge is 0.453 e. The fourth-order valence-corrected chi connectivity index (χ4v) is 4.72. The molecular weight excluding hydrogens is 400 g/mol. The van der Waals surface area contributed by atoms with Gasteiger partial charge < -0.3 is 15.0 Å². The van der Waals surface area contributed by atoms with Gasteiger partial charge in [0.2, 0.25) is 0 Å². The number of likely N-dealkylation sites (tertiary alicyclic amines) is 1. The number of nitrogens with zero attached hydrogens (tertiary/aromatic N) is 1. The second kappa shape index (κ2) is 6.23. The second-order valence-corrected chi connectivity index (χ2v) is 7.86. The molecular formula is C11H12Br2N2O3S. The van der Waals surface area contributed by atoms with Crippen LogP contribution in [-0.2, 0) is 4.74 Å². The predicted octanol–water partition coefficient (Wildman–Crippen LogP) is 2.84. The number of hydrogen-bond acceptors (Lipinski definition) is 4. The zero-order valence-electron chi connectivity index (χ0n) is 10.1. The normalized spacial score (nSPS) is 18.5. The molecule has 8 heteroatoms. The fourth-order valence-electron chi connectivity index (χ4n) is 1.94. The molecule has 2 heterocycles. The number of halogens is 2. The molecule has 2 amide bonds. The van der Waals surface area contributed by atoms with E-state index in [1.807, 2.05) is 0 Å². The highest BCUT2D eigenvalue weighted by Crippen LogP contribution is 2.33. The van der Waals surface area contributed by atoms with E-state index < -0.39 is 6.09 Å². The fraction of sp³-hybridized carbons (Fsp3) is 0.455. The number of alkyl carbamates (subject to hydrolysis) is 1. The summed E-state index contributed by atoms with van der Waals surface area (Å²) in [6, 6.07) is 1.76. The van der Waals surface area contributed by atoms with Gasteiger partial charge in [0.1, 0.15) is 0 Å². The lowest BCUT2D eigenvalue weighted by Crippen LogP contribution is -2.38. The van der Waals surface area contributed by atoms with E-state index in [1.165, 1.54) is 18.4 Å². The van der Waals surface area contributed by atoms with E-state index in [2.05, 4.69) is 41.9 Å². The van der Waals surface area contributed by atoms with Crippen LogP contribution in [0.15, 0.2) is 13.6 Å². The van der Waals surface area contributed by atoms with Crippen molar-refractivity contribution in [3.8, 4) is 0 Å². The van der Waals surface area contributed by atoms with Crippen LogP contribution in [0, 0.1) is 0 Å². The maximum absolute atomic E-state index is 12.3. The Morgan fingerprint density at radius 1 is 1.53 bits per heavy atom. The Labute approximate surface area is 131 Å². The first-order chi connectivity index (χ1) is 9.01. The second-order valence-electron chi connectivity index (χ2n) is 4.11. The number of amides is 2. The third-order valence-corrected chi connectivity index (χ3v) is 5.21. The van der Waals surface area contributed by atoms with E-state index >= 15 is 0 Å². The lowest BCUT2D eigenvalue weighted by molar-refractivity contribution is 0.0788. The molecule has 104 valence electrons. The summed E-state index contributed by atoms with van der Waals surface area (Å²) in [4.78, 5) is 25.2. The van der Waals surface area contributed by atoms with Crippen LogP contribution >= 0.6 is 43.2 Å².